The second kappa shape index (κ2) is 8.20. The van der Waals surface area contributed by atoms with E-state index < -0.39 is 0 Å². The maximum Gasteiger partial charge on any atom is 0.196 e. The van der Waals surface area contributed by atoms with Gasteiger partial charge in [0.15, 0.2) is 22.3 Å². The number of rotatable bonds is 6. The third kappa shape index (κ3) is 3.51. The normalized spacial score (nSPS) is 11.3. The zero-order valence-corrected chi connectivity index (χ0v) is 19.0. The number of thiazole rings is 1. The Balaban J connectivity index is 1.44. The van der Waals surface area contributed by atoms with Crippen LogP contribution in [0.1, 0.15) is 11.3 Å². The summed E-state index contributed by atoms with van der Waals surface area (Å²) in [7, 11) is 3.29. The van der Waals surface area contributed by atoms with Crippen LogP contribution in [0.15, 0.2) is 59.1 Å². The van der Waals surface area contributed by atoms with E-state index >= 15 is 0 Å². The summed E-state index contributed by atoms with van der Waals surface area (Å²) in [4.78, 5) is 4.83. The molecule has 0 aliphatic heterocycles. The van der Waals surface area contributed by atoms with Crippen molar-refractivity contribution in [3.8, 4) is 22.1 Å². The van der Waals surface area contributed by atoms with Crippen molar-refractivity contribution in [2.45, 2.75) is 17.8 Å². The smallest absolute Gasteiger partial charge is 0.196 e. The predicted octanol–water partition coefficient (Wildman–Crippen LogP) is 5.62. The van der Waals surface area contributed by atoms with Gasteiger partial charge in [-0.1, -0.05) is 36.0 Å². The highest BCUT2D eigenvalue weighted by Gasteiger charge is 2.16. The highest BCUT2D eigenvalue weighted by Crippen LogP contribution is 2.39. The van der Waals surface area contributed by atoms with Gasteiger partial charge in [0.25, 0.3) is 0 Å². The van der Waals surface area contributed by atoms with Gasteiger partial charge in [0.2, 0.25) is 0 Å². The first-order valence-electron chi connectivity index (χ1n) is 9.71. The molecular weight excluding hydrogens is 428 g/mol. The highest BCUT2D eigenvalue weighted by molar-refractivity contribution is 7.98. The van der Waals surface area contributed by atoms with Crippen LogP contribution < -0.4 is 9.47 Å². The molecule has 0 saturated heterocycles. The number of methoxy groups -OCH3 is 2. The molecule has 5 aromatic rings. The summed E-state index contributed by atoms with van der Waals surface area (Å²) in [5.74, 6) is 2.10. The quantitative estimate of drug-likeness (QED) is 0.314. The van der Waals surface area contributed by atoms with Gasteiger partial charge in [-0.05, 0) is 36.8 Å². The number of nitrogens with zero attached hydrogens (tertiary/aromatic N) is 4. The molecule has 0 aliphatic rings. The molecule has 2 aromatic carbocycles. The van der Waals surface area contributed by atoms with Crippen LogP contribution in [0.2, 0.25) is 0 Å². The molecule has 3 aromatic heterocycles. The Labute approximate surface area is 187 Å². The first-order chi connectivity index (χ1) is 15.2. The second-order valence-corrected chi connectivity index (χ2v) is 8.80. The Morgan fingerprint density at radius 1 is 1.03 bits per heavy atom. The molecule has 0 radical (unpaired) electrons. The van der Waals surface area contributed by atoms with Crippen LogP contribution in [0.5, 0.6) is 11.5 Å². The fraction of sp³-hybridized carbons (Fsp3) is 0.174. The summed E-state index contributed by atoms with van der Waals surface area (Å²) < 4.78 is 13.1. The number of benzene rings is 2. The van der Waals surface area contributed by atoms with Crippen LogP contribution in [-0.2, 0) is 5.75 Å². The van der Waals surface area contributed by atoms with Gasteiger partial charge in [-0.15, -0.1) is 21.5 Å². The summed E-state index contributed by atoms with van der Waals surface area (Å²) in [5.41, 5.74) is 5.09. The average Bonchev–Trinajstić information content (AvgIpc) is 3.44. The number of fused-ring (bicyclic) bond motifs is 3. The van der Waals surface area contributed by atoms with Gasteiger partial charge in [-0.25, -0.2) is 4.98 Å². The monoisotopic (exact) mass is 448 g/mol. The van der Waals surface area contributed by atoms with Gasteiger partial charge in [0.05, 0.1) is 31.0 Å². The van der Waals surface area contributed by atoms with Gasteiger partial charge in [0.1, 0.15) is 5.01 Å². The van der Waals surface area contributed by atoms with E-state index in [1.165, 1.54) is 10.9 Å². The van der Waals surface area contributed by atoms with E-state index in [1.807, 2.05) is 24.3 Å². The van der Waals surface area contributed by atoms with Crippen molar-refractivity contribution in [1.29, 1.82) is 0 Å². The summed E-state index contributed by atoms with van der Waals surface area (Å²) in [5, 5.41) is 13.9. The molecule has 6 nitrogen and oxygen atoms in total. The largest absolute Gasteiger partial charge is 0.493 e. The van der Waals surface area contributed by atoms with Crippen LogP contribution in [0.25, 0.3) is 27.1 Å². The second-order valence-electron chi connectivity index (χ2n) is 6.99. The van der Waals surface area contributed by atoms with Crippen molar-refractivity contribution in [1.82, 2.24) is 19.6 Å². The van der Waals surface area contributed by atoms with Crippen molar-refractivity contribution < 1.29 is 9.47 Å². The summed E-state index contributed by atoms with van der Waals surface area (Å²) >= 11 is 3.23. The number of aromatic nitrogens is 4. The number of hydrogen-bond donors (Lipinski definition) is 0. The van der Waals surface area contributed by atoms with Gasteiger partial charge in [-0.2, -0.15) is 0 Å². The Kier molecular flexibility index (Phi) is 5.25. The first-order valence-corrected chi connectivity index (χ1v) is 11.6. The van der Waals surface area contributed by atoms with E-state index in [4.69, 9.17) is 14.5 Å². The number of hydrogen-bond acceptors (Lipinski definition) is 7. The lowest BCUT2D eigenvalue weighted by atomic mass is 10.1. The number of aryl methyl sites for hydroxylation is 1. The maximum atomic E-state index is 5.56. The molecule has 0 bridgehead atoms. The molecule has 31 heavy (non-hydrogen) atoms. The molecule has 0 aliphatic carbocycles. The van der Waals surface area contributed by atoms with Gasteiger partial charge >= 0.3 is 0 Å². The zero-order chi connectivity index (χ0) is 21.4. The SMILES string of the molecule is COc1cccc(-c2nc(CSc3nnc4cc(C)c5ccccc5n34)cs2)c1OC. The van der Waals surface area contributed by atoms with Crippen molar-refractivity contribution in [2.24, 2.45) is 0 Å². The van der Waals surface area contributed by atoms with E-state index in [0.717, 1.165) is 32.6 Å². The van der Waals surface area contributed by atoms with E-state index in [2.05, 4.69) is 51.2 Å². The minimum Gasteiger partial charge on any atom is -0.493 e. The third-order valence-corrected chi connectivity index (χ3v) is 6.99. The van der Waals surface area contributed by atoms with Crippen LogP contribution in [0, 0.1) is 6.92 Å². The predicted molar refractivity (Wildman–Crippen MR) is 125 cm³/mol. The zero-order valence-electron chi connectivity index (χ0n) is 17.3. The summed E-state index contributed by atoms with van der Waals surface area (Å²) in [6, 6.07) is 16.3. The lowest BCUT2D eigenvalue weighted by molar-refractivity contribution is 0.356. The van der Waals surface area contributed by atoms with Crippen molar-refractivity contribution in [3.63, 3.8) is 0 Å². The Morgan fingerprint density at radius 2 is 1.90 bits per heavy atom. The molecular formula is C23H20N4O2S2. The van der Waals surface area contributed by atoms with Crippen molar-refractivity contribution in [3.05, 3.63) is 65.2 Å². The molecule has 3 heterocycles. The van der Waals surface area contributed by atoms with E-state index in [1.54, 1.807) is 37.3 Å². The highest BCUT2D eigenvalue weighted by atomic mass is 32.2. The summed E-state index contributed by atoms with van der Waals surface area (Å²) in [6.07, 6.45) is 0. The van der Waals surface area contributed by atoms with Gasteiger partial charge in [0, 0.05) is 16.5 Å². The Bertz CT molecular complexity index is 1390. The summed E-state index contributed by atoms with van der Waals surface area (Å²) in [6.45, 7) is 2.10. The molecule has 5 rings (SSSR count). The van der Waals surface area contributed by atoms with E-state index in [9.17, 15) is 0 Å². The lowest BCUT2D eigenvalue weighted by Gasteiger charge is -2.10. The standard InChI is InChI=1S/C23H20N4O2S2/c1-14-11-20-25-26-23(27(20)18-9-5-4-7-16(14)18)31-13-15-12-30-22(24-15)17-8-6-10-19(28-2)21(17)29-3/h4-12H,13H2,1-3H3. The van der Waals surface area contributed by atoms with Crippen LogP contribution in [0.4, 0.5) is 0 Å². The fourth-order valence-corrected chi connectivity index (χ4v) is 5.45. The first kappa shape index (κ1) is 19.8. The van der Waals surface area contributed by atoms with Gasteiger partial charge in [-0.3, -0.25) is 4.40 Å². The maximum absolute atomic E-state index is 5.56. The number of ether oxygens (including phenoxy) is 2. The lowest BCUT2D eigenvalue weighted by Crippen LogP contribution is -1.94. The van der Waals surface area contributed by atoms with Crippen LogP contribution in [-0.4, -0.2) is 33.8 Å². The topological polar surface area (TPSA) is 61.5 Å². The molecule has 0 spiro atoms. The van der Waals surface area contributed by atoms with Crippen molar-refractivity contribution >= 4 is 39.6 Å². The molecule has 8 heteroatoms. The minimum atomic E-state index is 0.697. The van der Waals surface area contributed by atoms with E-state index in [0.29, 0.717) is 17.3 Å². The number of para-hydroxylation sites is 2. The molecule has 0 amide bonds. The molecule has 0 N–H and O–H groups in total. The Hall–Kier alpha value is -3.10. The van der Waals surface area contributed by atoms with Crippen molar-refractivity contribution in [2.75, 3.05) is 14.2 Å². The van der Waals surface area contributed by atoms with E-state index in [-0.39, 0.29) is 0 Å². The molecule has 0 saturated carbocycles. The number of pyridine rings is 1. The minimum absolute atomic E-state index is 0.697. The molecule has 0 atom stereocenters. The fourth-order valence-electron chi connectivity index (χ4n) is 3.66. The number of thioether (sulfide) groups is 1. The molecule has 0 unspecified atom stereocenters. The molecule has 0 fully saturated rings. The van der Waals surface area contributed by atoms with Gasteiger partial charge < -0.3 is 9.47 Å². The van der Waals surface area contributed by atoms with Crippen LogP contribution >= 0.6 is 23.1 Å². The average molecular weight is 449 g/mol. The van der Waals surface area contributed by atoms with Crippen LogP contribution in [0.3, 0.4) is 0 Å². The molecule has 156 valence electrons. The Morgan fingerprint density at radius 3 is 2.74 bits per heavy atom. The third-order valence-electron chi connectivity index (χ3n) is 5.11.